The molecule has 8 rings (SSSR count). The summed E-state index contributed by atoms with van der Waals surface area (Å²) in [7, 11) is 0. The quantitative estimate of drug-likeness (QED) is 0.441. The van der Waals surface area contributed by atoms with E-state index in [0.717, 1.165) is 74.0 Å². The van der Waals surface area contributed by atoms with Gasteiger partial charge in [-0.3, -0.25) is 4.90 Å². The number of likely N-dealkylation sites (tertiary alicyclic amines) is 1. The number of morpholine rings is 1. The number of allylic oxidation sites excluding steroid dienone is 1. The maximum absolute atomic E-state index is 6.38. The first kappa shape index (κ1) is 22.7. The third-order valence-corrected chi connectivity index (χ3v) is 8.75. The molecular formula is C29H32N6O3. The second-order valence-electron chi connectivity index (χ2n) is 11.4. The summed E-state index contributed by atoms with van der Waals surface area (Å²) in [6.45, 7) is 8.95. The van der Waals surface area contributed by atoms with E-state index >= 15 is 0 Å². The van der Waals surface area contributed by atoms with Crippen LogP contribution in [0.15, 0.2) is 35.0 Å². The molecule has 0 aromatic carbocycles. The summed E-state index contributed by atoms with van der Waals surface area (Å²) >= 11 is 0. The molecule has 1 N–H and O–H groups in total. The third-order valence-electron chi connectivity index (χ3n) is 8.75. The summed E-state index contributed by atoms with van der Waals surface area (Å²) < 4.78 is 18.0. The van der Waals surface area contributed by atoms with E-state index in [-0.39, 0.29) is 5.41 Å². The van der Waals surface area contributed by atoms with Gasteiger partial charge >= 0.3 is 0 Å². The van der Waals surface area contributed by atoms with Gasteiger partial charge in [-0.15, -0.1) is 0 Å². The van der Waals surface area contributed by atoms with Crippen molar-refractivity contribution in [1.29, 1.82) is 0 Å². The molecule has 0 saturated carbocycles. The van der Waals surface area contributed by atoms with Crippen molar-refractivity contribution >= 4 is 34.1 Å². The van der Waals surface area contributed by atoms with Crippen LogP contribution in [0.2, 0.25) is 0 Å². The van der Waals surface area contributed by atoms with Crippen LogP contribution >= 0.6 is 0 Å². The molecule has 38 heavy (non-hydrogen) atoms. The number of anilines is 1. The summed E-state index contributed by atoms with van der Waals surface area (Å²) in [6, 6.07) is 4.37. The molecule has 1 aliphatic carbocycles. The number of hydrogen-bond acceptors (Lipinski definition) is 8. The van der Waals surface area contributed by atoms with E-state index in [2.05, 4.69) is 46.0 Å². The Morgan fingerprint density at radius 3 is 3.00 bits per heavy atom. The number of furan rings is 1. The molecule has 7 heterocycles. The maximum Gasteiger partial charge on any atom is 0.229 e. The fourth-order valence-electron chi connectivity index (χ4n) is 6.77. The molecule has 0 amide bonds. The lowest BCUT2D eigenvalue weighted by molar-refractivity contribution is 0.0817. The van der Waals surface area contributed by atoms with E-state index in [1.54, 1.807) is 0 Å². The molecule has 0 radical (unpaired) electrons. The van der Waals surface area contributed by atoms with Gasteiger partial charge in [0.1, 0.15) is 11.3 Å². The lowest BCUT2D eigenvalue weighted by Gasteiger charge is -2.32. The van der Waals surface area contributed by atoms with Crippen LogP contribution in [-0.2, 0) is 21.4 Å². The number of fused-ring (bicyclic) bond motifs is 6. The van der Waals surface area contributed by atoms with Crippen molar-refractivity contribution in [3.8, 4) is 0 Å². The van der Waals surface area contributed by atoms with Crippen molar-refractivity contribution < 1.29 is 13.9 Å². The van der Waals surface area contributed by atoms with Gasteiger partial charge in [-0.1, -0.05) is 6.08 Å². The van der Waals surface area contributed by atoms with Gasteiger partial charge in [-0.2, -0.15) is 0 Å². The van der Waals surface area contributed by atoms with Crippen LogP contribution in [-0.4, -0.2) is 76.9 Å². The first-order chi connectivity index (χ1) is 18.6. The Morgan fingerprint density at radius 2 is 2.11 bits per heavy atom. The summed E-state index contributed by atoms with van der Waals surface area (Å²) in [5.41, 5.74) is 5.34. The number of aromatic nitrogens is 4. The second-order valence-corrected chi connectivity index (χ2v) is 11.4. The molecule has 9 heteroatoms. The van der Waals surface area contributed by atoms with Gasteiger partial charge in [-0.25, -0.2) is 15.0 Å². The lowest BCUT2D eigenvalue weighted by atomic mass is 9.76. The standard InChI is InChI=1S/C29H32N6O3/c1-29(5-2-3-23-22(29)4-6-30-23)28-32-24-21-12-18(14-34-15-19-11-20(16-34)37-17-19)13-31-27(21)38-25(24)26(33-28)35-7-9-36-10-8-35/h2-4,6,12-13,19-20,30H,5,7-11,14-17H2,1H3. The Kier molecular flexibility index (Phi) is 5.15. The minimum absolute atomic E-state index is 0.346. The van der Waals surface area contributed by atoms with E-state index in [9.17, 15) is 0 Å². The summed E-state index contributed by atoms with van der Waals surface area (Å²) in [6.07, 6.45) is 10.7. The number of piperidine rings is 1. The zero-order valence-electron chi connectivity index (χ0n) is 21.7. The highest BCUT2D eigenvalue weighted by Gasteiger charge is 2.38. The van der Waals surface area contributed by atoms with Gasteiger partial charge in [-0.05, 0) is 55.0 Å². The van der Waals surface area contributed by atoms with E-state index in [4.69, 9.17) is 28.8 Å². The van der Waals surface area contributed by atoms with Crippen molar-refractivity contribution in [1.82, 2.24) is 24.8 Å². The number of ether oxygens (including phenoxy) is 2. The fraction of sp³-hybridized carbons (Fsp3) is 0.483. The molecule has 3 unspecified atom stereocenters. The van der Waals surface area contributed by atoms with Gasteiger partial charge in [0.2, 0.25) is 5.71 Å². The Balaban J connectivity index is 1.26. The highest BCUT2D eigenvalue weighted by Crippen LogP contribution is 2.42. The Bertz CT molecular complexity index is 1540. The molecule has 9 nitrogen and oxygen atoms in total. The minimum Gasteiger partial charge on any atom is -0.432 e. The zero-order chi connectivity index (χ0) is 25.3. The largest absolute Gasteiger partial charge is 0.432 e. The first-order valence-corrected chi connectivity index (χ1v) is 13.7. The third kappa shape index (κ3) is 3.60. The van der Waals surface area contributed by atoms with Crippen LogP contribution in [0.5, 0.6) is 0 Å². The van der Waals surface area contributed by atoms with E-state index in [1.807, 2.05) is 12.4 Å². The molecule has 4 aromatic rings. The molecule has 3 saturated heterocycles. The van der Waals surface area contributed by atoms with Gasteiger partial charge in [0, 0.05) is 50.8 Å². The smallest absolute Gasteiger partial charge is 0.229 e. The Morgan fingerprint density at radius 1 is 1.18 bits per heavy atom. The molecular weight excluding hydrogens is 480 g/mol. The molecule has 2 bridgehead atoms. The highest BCUT2D eigenvalue weighted by atomic mass is 16.5. The van der Waals surface area contributed by atoms with Crippen molar-refractivity contribution in [2.75, 3.05) is 50.9 Å². The van der Waals surface area contributed by atoms with Crippen LogP contribution in [0.3, 0.4) is 0 Å². The minimum atomic E-state index is -0.346. The number of hydrogen-bond donors (Lipinski definition) is 1. The van der Waals surface area contributed by atoms with Gasteiger partial charge in [0.25, 0.3) is 0 Å². The molecule has 3 aliphatic heterocycles. The average Bonchev–Trinajstić information content (AvgIpc) is 3.66. The van der Waals surface area contributed by atoms with Gasteiger partial charge < -0.3 is 23.8 Å². The SMILES string of the molecule is CC1(c2nc(N3CCOCC3)c3oc4ncc(CN5CC6COC(C6)C5)cc4c3n2)CC=Cc2[nH]ccc21. The molecule has 0 spiro atoms. The van der Waals surface area contributed by atoms with Crippen molar-refractivity contribution in [3.05, 3.63) is 53.2 Å². The topological polar surface area (TPSA) is 92.5 Å². The summed E-state index contributed by atoms with van der Waals surface area (Å²) in [5, 5.41) is 0.955. The molecule has 3 fully saturated rings. The number of pyridine rings is 1. The normalized spacial score (nSPS) is 27.4. The van der Waals surface area contributed by atoms with Crippen LogP contribution in [0.25, 0.3) is 28.3 Å². The molecule has 4 aliphatic rings. The Labute approximate surface area is 220 Å². The highest BCUT2D eigenvalue weighted by molar-refractivity contribution is 6.04. The zero-order valence-corrected chi connectivity index (χ0v) is 21.7. The number of nitrogens with one attached hydrogen (secondary N) is 1. The van der Waals surface area contributed by atoms with Gasteiger partial charge in [0.05, 0.1) is 36.7 Å². The van der Waals surface area contributed by atoms with E-state index < -0.39 is 0 Å². The van der Waals surface area contributed by atoms with Crippen LogP contribution < -0.4 is 4.90 Å². The van der Waals surface area contributed by atoms with Crippen LogP contribution in [0, 0.1) is 5.92 Å². The molecule has 3 atom stereocenters. The van der Waals surface area contributed by atoms with Crippen molar-refractivity contribution in [2.45, 2.75) is 37.8 Å². The predicted molar refractivity (Wildman–Crippen MR) is 144 cm³/mol. The summed E-state index contributed by atoms with van der Waals surface area (Å²) in [5.74, 6) is 2.30. The van der Waals surface area contributed by atoms with E-state index in [1.165, 1.54) is 17.5 Å². The number of H-pyrrole nitrogens is 1. The monoisotopic (exact) mass is 512 g/mol. The van der Waals surface area contributed by atoms with Crippen LogP contribution in [0.4, 0.5) is 5.82 Å². The number of rotatable bonds is 4. The maximum atomic E-state index is 6.38. The molecule has 4 aromatic heterocycles. The molecule has 196 valence electrons. The fourth-order valence-corrected chi connectivity index (χ4v) is 6.77. The lowest BCUT2D eigenvalue weighted by Crippen LogP contribution is -2.38. The van der Waals surface area contributed by atoms with Crippen molar-refractivity contribution in [2.24, 2.45) is 5.92 Å². The van der Waals surface area contributed by atoms with Crippen molar-refractivity contribution in [3.63, 3.8) is 0 Å². The summed E-state index contributed by atoms with van der Waals surface area (Å²) in [4.78, 5) is 23.3. The predicted octanol–water partition coefficient (Wildman–Crippen LogP) is 3.88. The van der Waals surface area contributed by atoms with Gasteiger partial charge in [0.15, 0.2) is 11.4 Å². The van der Waals surface area contributed by atoms with E-state index in [0.29, 0.717) is 36.5 Å². The van der Waals surface area contributed by atoms with Crippen LogP contribution in [0.1, 0.15) is 42.4 Å². The number of nitrogens with zero attached hydrogens (tertiary/aromatic N) is 5. The first-order valence-electron chi connectivity index (χ1n) is 13.7. The average molecular weight is 513 g/mol. The second kappa shape index (κ2) is 8.62. The number of aromatic amines is 1. The Hall–Kier alpha value is -3.27.